The van der Waals surface area contributed by atoms with Crippen LogP contribution < -0.4 is 22.3 Å². The molecule has 0 radical (unpaired) electrons. The van der Waals surface area contributed by atoms with Crippen molar-refractivity contribution in [3.8, 4) is 0 Å². The zero-order chi connectivity index (χ0) is 12.3. The van der Waals surface area contributed by atoms with Crippen LogP contribution in [-0.2, 0) is 17.8 Å². The lowest BCUT2D eigenvalue weighted by Gasteiger charge is -2.09. The summed E-state index contributed by atoms with van der Waals surface area (Å²) in [6.07, 6.45) is 1.57. The summed E-state index contributed by atoms with van der Waals surface area (Å²) in [5.41, 5.74) is 4.61. The standard InChI is InChI=1S/C8H14N4O3S/c1-12-6(9)5(7(13)11-8(12)14)10-3-4-16(2)15/h10H,3-4,9H2,1-2H3,(H,11,13,14). The van der Waals surface area contributed by atoms with Crippen LogP contribution in [0.4, 0.5) is 11.5 Å². The molecule has 0 bridgehead atoms. The fourth-order valence-corrected chi connectivity index (χ4v) is 1.52. The third-order valence-corrected chi connectivity index (χ3v) is 2.84. The summed E-state index contributed by atoms with van der Waals surface area (Å²) in [6.45, 7) is 0.356. The molecule has 0 aliphatic rings. The molecule has 4 N–H and O–H groups in total. The summed E-state index contributed by atoms with van der Waals surface area (Å²) < 4.78 is 12.0. The smallest absolute Gasteiger partial charge is 0.329 e. The number of nitrogen functional groups attached to an aromatic ring is 1. The van der Waals surface area contributed by atoms with Gasteiger partial charge < -0.3 is 11.1 Å². The van der Waals surface area contributed by atoms with E-state index in [1.807, 2.05) is 0 Å². The lowest BCUT2D eigenvalue weighted by Crippen LogP contribution is -2.33. The summed E-state index contributed by atoms with van der Waals surface area (Å²) in [5.74, 6) is 0.470. The van der Waals surface area contributed by atoms with Crippen LogP contribution in [0.5, 0.6) is 0 Å². The molecule has 1 unspecified atom stereocenters. The summed E-state index contributed by atoms with van der Waals surface area (Å²) >= 11 is 0. The largest absolute Gasteiger partial charge is 0.383 e. The van der Waals surface area contributed by atoms with Gasteiger partial charge in [-0.1, -0.05) is 0 Å². The third kappa shape index (κ3) is 2.72. The highest BCUT2D eigenvalue weighted by atomic mass is 32.2. The van der Waals surface area contributed by atoms with E-state index in [9.17, 15) is 13.8 Å². The highest BCUT2D eigenvalue weighted by Gasteiger charge is 2.08. The molecular weight excluding hydrogens is 232 g/mol. The van der Waals surface area contributed by atoms with Crippen molar-refractivity contribution in [1.82, 2.24) is 9.55 Å². The van der Waals surface area contributed by atoms with Crippen molar-refractivity contribution in [2.45, 2.75) is 0 Å². The van der Waals surface area contributed by atoms with Crippen molar-refractivity contribution in [3.63, 3.8) is 0 Å². The van der Waals surface area contributed by atoms with Gasteiger partial charge >= 0.3 is 5.69 Å². The minimum Gasteiger partial charge on any atom is -0.383 e. The highest BCUT2D eigenvalue weighted by Crippen LogP contribution is 2.07. The number of aromatic nitrogens is 2. The van der Waals surface area contributed by atoms with Crippen molar-refractivity contribution in [1.29, 1.82) is 0 Å². The number of hydrogen-bond acceptors (Lipinski definition) is 5. The Morgan fingerprint density at radius 2 is 2.12 bits per heavy atom. The van der Waals surface area contributed by atoms with Gasteiger partial charge in [0.25, 0.3) is 5.56 Å². The summed E-state index contributed by atoms with van der Waals surface area (Å²) in [6, 6.07) is 0. The quantitative estimate of drug-likeness (QED) is 0.595. The van der Waals surface area contributed by atoms with Crippen LogP contribution >= 0.6 is 0 Å². The Bertz CT molecular complexity index is 519. The number of nitrogens with zero attached hydrogens (tertiary/aromatic N) is 1. The van der Waals surface area contributed by atoms with Gasteiger partial charge in [0, 0.05) is 36.4 Å². The van der Waals surface area contributed by atoms with E-state index >= 15 is 0 Å². The van der Waals surface area contributed by atoms with Crippen molar-refractivity contribution < 1.29 is 4.21 Å². The lowest BCUT2D eigenvalue weighted by atomic mass is 10.4. The third-order valence-electron chi connectivity index (χ3n) is 2.06. The van der Waals surface area contributed by atoms with Gasteiger partial charge in [0.2, 0.25) is 0 Å². The number of nitrogens with two attached hydrogens (primary N) is 1. The van der Waals surface area contributed by atoms with Crippen LogP contribution in [0.15, 0.2) is 9.59 Å². The first-order chi connectivity index (χ1) is 7.43. The fourth-order valence-electron chi connectivity index (χ4n) is 1.13. The molecule has 1 aromatic heterocycles. The van der Waals surface area contributed by atoms with E-state index in [-0.39, 0.29) is 11.5 Å². The molecule has 0 aromatic carbocycles. The average molecular weight is 246 g/mol. The van der Waals surface area contributed by atoms with E-state index in [0.717, 1.165) is 4.57 Å². The summed E-state index contributed by atoms with van der Waals surface area (Å²) in [7, 11) is 0.509. The predicted molar refractivity (Wildman–Crippen MR) is 64.1 cm³/mol. The second kappa shape index (κ2) is 4.97. The molecule has 16 heavy (non-hydrogen) atoms. The predicted octanol–water partition coefficient (Wildman–Crippen LogP) is -1.55. The first-order valence-corrected chi connectivity index (χ1v) is 6.29. The molecule has 8 heteroatoms. The second-order valence-corrected chi connectivity index (χ2v) is 4.84. The molecule has 0 aliphatic carbocycles. The normalized spacial score (nSPS) is 12.4. The van der Waals surface area contributed by atoms with Crippen LogP contribution in [0, 0.1) is 0 Å². The zero-order valence-corrected chi connectivity index (χ0v) is 9.89. The topological polar surface area (TPSA) is 110 Å². The van der Waals surface area contributed by atoms with Crippen molar-refractivity contribution in [3.05, 3.63) is 20.8 Å². The Kier molecular flexibility index (Phi) is 3.88. The second-order valence-electron chi connectivity index (χ2n) is 3.28. The minimum absolute atomic E-state index is 0.0654. The van der Waals surface area contributed by atoms with Crippen molar-refractivity contribution in [2.24, 2.45) is 7.05 Å². The number of anilines is 2. The Balaban J connectivity index is 2.97. The van der Waals surface area contributed by atoms with Crippen molar-refractivity contribution in [2.75, 3.05) is 29.6 Å². The van der Waals surface area contributed by atoms with Crippen LogP contribution in [0.2, 0.25) is 0 Å². The van der Waals surface area contributed by atoms with E-state index < -0.39 is 22.0 Å². The molecule has 0 saturated heterocycles. The Hall–Kier alpha value is -1.57. The average Bonchev–Trinajstić information content (AvgIpc) is 2.19. The van der Waals surface area contributed by atoms with Gasteiger partial charge in [0.1, 0.15) is 11.5 Å². The molecule has 1 aromatic rings. The van der Waals surface area contributed by atoms with E-state index in [4.69, 9.17) is 5.73 Å². The van der Waals surface area contributed by atoms with Gasteiger partial charge in [0.05, 0.1) is 0 Å². The molecule has 0 spiro atoms. The minimum atomic E-state index is -0.946. The van der Waals surface area contributed by atoms with E-state index in [0.29, 0.717) is 12.3 Å². The maximum Gasteiger partial charge on any atom is 0.329 e. The molecule has 0 amide bonds. The molecule has 1 rings (SSSR count). The monoisotopic (exact) mass is 246 g/mol. The number of hydrogen-bond donors (Lipinski definition) is 3. The van der Waals surface area contributed by atoms with Crippen LogP contribution in [0.25, 0.3) is 0 Å². The highest BCUT2D eigenvalue weighted by molar-refractivity contribution is 7.84. The maximum atomic E-state index is 11.4. The number of nitrogens with one attached hydrogen (secondary N) is 2. The molecule has 7 nitrogen and oxygen atoms in total. The van der Waals surface area contributed by atoms with Crippen LogP contribution in [0.3, 0.4) is 0 Å². The first-order valence-electron chi connectivity index (χ1n) is 4.56. The van der Waals surface area contributed by atoms with Gasteiger partial charge in [-0.25, -0.2) is 4.79 Å². The number of H-pyrrole nitrogens is 1. The molecule has 0 aliphatic heterocycles. The zero-order valence-electron chi connectivity index (χ0n) is 9.07. The van der Waals surface area contributed by atoms with E-state index in [2.05, 4.69) is 10.3 Å². The molecule has 0 fully saturated rings. The summed E-state index contributed by atoms with van der Waals surface area (Å²) in [4.78, 5) is 24.7. The van der Waals surface area contributed by atoms with E-state index in [1.165, 1.54) is 7.05 Å². The van der Waals surface area contributed by atoms with Gasteiger partial charge in [-0.05, 0) is 0 Å². The Morgan fingerprint density at radius 3 is 2.69 bits per heavy atom. The lowest BCUT2D eigenvalue weighted by molar-refractivity contribution is 0.687. The van der Waals surface area contributed by atoms with Crippen LogP contribution in [-0.4, -0.2) is 32.3 Å². The number of aromatic amines is 1. The van der Waals surface area contributed by atoms with E-state index in [1.54, 1.807) is 6.26 Å². The summed E-state index contributed by atoms with van der Waals surface area (Å²) in [5, 5.41) is 2.76. The Morgan fingerprint density at radius 1 is 1.50 bits per heavy atom. The Labute approximate surface area is 94.1 Å². The maximum absolute atomic E-state index is 11.4. The van der Waals surface area contributed by atoms with Gasteiger partial charge in [-0.15, -0.1) is 0 Å². The molecule has 1 heterocycles. The fraction of sp³-hybridized carbons (Fsp3) is 0.500. The SMILES string of the molecule is Cn1c(N)c(NCCS(C)=O)c(=O)[nH]c1=O. The van der Waals surface area contributed by atoms with Crippen LogP contribution in [0.1, 0.15) is 0 Å². The molecule has 90 valence electrons. The van der Waals surface area contributed by atoms with Gasteiger partial charge in [0.15, 0.2) is 0 Å². The van der Waals surface area contributed by atoms with Crippen molar-refractivity contribution >= 4 is 22.3 Å². The van der Waals surface area contributed by atoms with Gasteiger partial charge in [-0.3, -0.25) is 18.6 Å². The molecule has 1 atom stereocenters. The van der Waals surface area contributed by atoms with Gasteiger partial charge in [-0.2, -0.15) is 0 Å². The molecular formula is C8H14N4O3S. The molecule has 0 saturated carbocycles. The first kappa shape index (κ1) is 12.5. The number of rotatable bonds is 4.